The topological polar surface area (TPSA) is 78.3 Å². The van der Waals surface area contributed by atoms with Gasteiger partial charge in [0, 0.05) is 28.6 Å². The number of carbonyl (C=O) groups excluding carboxylic acids is 2. The van der Waals surface area contributed by atoms with Crippen molar-refractivity contribution in [2.75, 3.05) is 11.5 Å². The molecule has 1 saturated heterocycles. The quantitative estimate of drug-likeness (QED) is 0.275. The van der Waals surface area contributed by atoms with Crippen molar-refractivity contribution >= 4 is 34.5 Å². The molecule has 9 rings (SSSR count). The van der Waals surface area contributed by atoms with E-state index in [4.69, 9.17) is 4.42 Å². The Morgan fingerprint density at radius 3 is 2.34 bits per heavy atom. The highest BCUT2D eigenvalue weighted by Crippen LogP contribution is 2.67. The van der Waals surface area contributed by atoms with Gasteiger partial charge in [-0.15, -0.1) is 0 Å². The van der Waals surface area contributed by atoms with Crippen LogP contribution in [0.1, 0.15) is 94.6 Å². The second-order valence-electron chi connectivity index (χ2n) is 15.7. The van der Waals surface area contributed by atoms with E-state index in [1.807, 2.05) is 28.8 Å². The minimum atomic E-state index is -0.844. The number of furan rings is 1. The molecule has 4 bridgehead atoms. The molecule has 0 unspecified atom stereocenters. The second kappa shape index (κ2) is 10.4. The molecule has 44 heavy (non-hydrogen) atoms. The van der Waals surface area contributed by atoms with Crippen LogP contribution in [0.5, 0.6) is 0 Å². The summed E-state index contributed by atoms with van der Waals surface area (Å²) in [6, 6.07) is 12.4. The van der Waals surface area contributed by atoms with Crippen molar-refractivity contribution in [2.45, 2.75) is 102 Å². The summed E-state index contributed by atoms with van der Waals surface area (Å²) in [6.45, 7) is 7.12. The Morgan fingerprint density at radius 1 is 1.00 bits per heavy atom. The number of thioether (sulfide) groups is 1. The summed E-state index contributed by atoms with van der Waals surface area (Å²) in [5, 5.41) is 4.98. The number of hydrogen-bond acceptors (Lipinski definition) is 4. The lowest BCUT2D eigenvalue weighted by Crippen LogP contribution is -2.68. The van der Waals surface area contributed by atoms with Crippen LogP contribution in [-0.4, -0.2) is 44.3 Å². The SMILES string of the molecule is Cc1[nH]c2ccccc2c1[C@H]1[C@H](CC(=O)N(Cc2ccco2)C2(C(=O)NC34CC5CC(CC(C5)C3)C4)CCSCC2)C1(C)C. The number of H-pyrrole nitrogens is 1. The maximum Gasteiger partial charge on any atom is 0.246 e. The van der Waals surface area contributed by atoms with E-state index in [0.717, 1.165) is 59.8 Å². The Balaban J connectivity index is 1.10. The van der Waals surface area contributed by atoms with Gasteiger partial charge in [-0.3, -0.25) is 9.59 Å². The smallest absolute Gasteiger partial charge is 0.246 e. The lowest BCUT2D eigenvalue weighted by Gasteiger charge is -2.58. The first-order chi connectivity index (χ1) is 21.2. The summed E-state index contributed by atoms with van der Waals surface area (Å²) in [4.78, 5) is 35.1. The summed E-state index contributed by atoms with van der Waals surface area (Å²) < 4.78 is 5.83. The molecule has 3 aromatic rings. The monoisotopic (exact) mass is 613 g/mol. The Bertz CT molecular complexity index is 1530. The highest BCUT2D eigenvalue weighted by molar-refractivity contribution is 7.99. The largest absolute Gasteiger partial charge is 0.467 e. The number of fused-ring (bicyclic) bond motifs is 1. The average Bonchev–Trinajstić information content (AvgIpc) is 3.35. The van der Waals surface area contributed by atoms with Gasteiger partial charge in [0.2, 0.25) is 11.8 Å². The molecular weight excluding hydrogens is 566 g/mol. The number of nitrogens with one attached hydrogen (secondary N) is 2. The molecule has 234 valence electrons. The molecule has 5 saturated carbocycles. The van der Waals surface area contributed by atoms with E-state index in [0.29, 0.717) is 31.7 Å². The summed E-state index contributed by atoms with van der Waals surface area (Å²) in [5.74, 6) is 5.49. The molecule has 6 nitrogen and oxygen atoms in total. The number of hydrogen-bond donors (Lipinski definition) is 2. The number of aromatic nitrogens is 1. The fraction of sp³-hybridized carbons (Fsp3) is 0.622. The molecule has 7 heteroatoms. The molecule has 2 atom stereocenters. The first kappa shape index (κ1) is 28.8. The van der Waals surface area contributed by atoms with Gasteiger partial charge in [0.15, 0.2) is 0 Å². The van der Waals surface area contributed by atoms with Crippen molar-refractivity contribution in [3.05, 3.63) is 59.7 Å². The lowest BCUT2D eigenvalue weighted by molar-refractivity contribution is -0.153. The first-order valence-electron chi connectivity index (χ1n) is 17.0. The number of nitrogens with zero attached hydrogens (tertiary/aromatic N) is 1. The Morgan fingerprint density at radius 2 is 1.68 bits per heavy atom. The van der Waals surface area contributed by atoms with E-state index in [-0.39, 0.29) is 28.7 Å². The molecule has 5 aliphatic carbocycles. The maximum atomic E-state index is 14.8. The van der Waals surface area contributed by atoms with E-state index in [9.17, 15) is 9.59 Å². The molecular formula is C37H47N3O3S. The minimum absolute atomic E-state index is 0.00122. The van der Waals surface area contributed by atoms with Crippen molar-refractivity contribution in [1.29, 1.82) is 0 Å². The van der Waals surface area contributed by atoms with E-state index in [1.165, 1.54) is 35.9 Å². The highest BCUT2D eigenvalue weighted by atomic mass is 32.2. The van der Waals surface area contributed by atoms with Crippen molar-refractivity contribution in [2.24, 2.45) is 29.1 Å². The van der Waals surface area contributed by atoms with Crippen molar-refractivity contribution < 1.29 is 14.0 Å². The van der Waals surface area contributed by atoms with Gasteiger partial charge in [-0.2, -0.15) is 11.8 Å². The second-order valence-corrected chi connectivity index (χ2v) is 16.9. The zero-order valence-corrected chi connectivity index (χ0v) is 27.3. The van der Waals surface area contributed by atoms with Gasteiger partial charge in [0.1, 0.15) is 11.3 Å². The van der Waals surface area contributed by atoms with E-state index in [1.54, 1.807) is 6.26 Å². The van der Waals surface area contributed by atoms with Gasteiger partial charge < -0.3 is 19.6 Å². The highest BCUT2D eigenvalue weighted by Gasteiger charge is 2.61. The van der Waals surface area contributed by atoms with Crippen LogP contribution in [0.15, 0.2) is 47.1 Å². The molecule has 0 radical (unpaired) electrons. The average molecular weight is 614 g/mol. The Kier molecular flexibility index (Phi) is 6.82. The first-order valence-corrected chi connectivity index (χ1v) is 18.1. The van der Waals surface area contributed by atoms with Gasteiger partial charge in [0.25, 0.3) is 0 Å². The van der Waals surface area contributed by atoms with Crippen LogP contribution in [0, 0.1) is 36.0 Å². The van der Waals surface area contributed by atoms with Gasteiger partial charge in [-0.25, -0.2) is 0 Å². The standard InChI is InChI=1S/C37H47N3O3S/c1-23-32(28-8-4-5-9-30(28)38-23)33-29(35(33,2)3)18-31(41)40(22-27-7-6-12-43-27)37(10-13-44-14-11-37)34(42)39-36-19-24-15-25(20-36)17-26(16-24)21-36/h4-9,12,24-26,29,33,38H,10-11,13-22H2,1-3H3,(H,39,42)/t24?,25?,26?,29-,33+,36?/m0/s1. The number of benzene rings is 1. The number of aryl methyl sites for hydroxylation is 1. The van der Waals surface area contributed by atoms with Gasteiger partial charge >= 0.3 is 0 Å². The van der Waals surface area contributed by atoms with Gasteiger partial charge in [0.05, 0.1) is 12.8 Å². The van der Waals surface area contributed by atoms with Crippen molar-refractivity contribution in [3.63, 3.8) is 0 Å². The van der Waals surface area contributed by atoms with E-state index >= 15 is 0 Å². The zero-order chi connectivity index (χ0) is 30.3. The molecule has 6 aliphatic rings. The van der Waals surface area contributed by atoms with Gasteiger partial charge in [-0.1, -0.05) is 32.0 Å². The maximum absolute atomic E-state index is 14.8. The predicted molar refractivity (Wildman–Crippen MR) is 175 cm³/mol. The molecule has 2 aromatic heterocycles. The number of para-hydroxylation sites is 1. The third kappa shape index (κ3) is 4.66. The van der Waals surface area contributed by atoms with Gasteiger partial charge in [-0.05, 0) is 129 Å². The molecule has 6 fully saturated rings. The van der Waals surface area contributed by atoms with Crippen LogP contribution in [0.3, 0.4) is 0 Å². The van der Waals surface area contributed by atoms with Crippen LogP contribution in [-0.2, 0) is 16.1 Å². The molecule has 2 amide bonds. The van der Waals surface area contributed by atoms with Crippen LogP contribution >= 0.6 is 11.8 Å². The zero-order valence-electron chi connectivity index (χ0n) is 26.5. The number of aromatic amines is 1. The summed E-state index contributed by atoms with van der Waals surface area (Å²) >= 11 is 1.90. The van der Waals surface area contributed by atoms with Crippen LogP contribution in [0.4, 0.5) is 0 Å². The number of amides is 2. The third-order valence-electron chi connectivity index (χ3n) is 12.6. The molecule has 0 spiro atoms. The van der Waals surface area contributed by atoms with Crippen molar-refractivity contribution in [3.8, 4) is 0 Å². The van der Waals surface area contributed by atoms with E-state index in [2.05, 4.69) is 55.3 Å². The molecule has 2 N–H and O–H groups in total. The van der Waals surface area contributed by atoms with E-state index < -0.39 is 5.54 Å². The van der Waals surface area contributed by atoms with Crippen LogP contribution in [0.25, 0.3) is 10.9 Å². The normalized spacial score (nSPS) is 32.9. The Hall–Kier alpha value is -2.67. The fourth-order valence-corrected chi connectivity index (χ4v) is 11.8. The predicted octanol–water partition coefficient (Wildman–Crippen LogP) is 7.58. The van der Waals surface area contributed by atoms with Crippen molar-refractivity contribution in [1.82, 2.24) is 15.2 Å². The summed E-state index contributed by atoms with van der Waals surface area (Å²) in [6.07, 6.45) is 10.9. The fourth-order valence-electron chi connectivity index (χ4n) is 10.7. The molecule has 1 aromatic carbocycles. The van der Waals surface area contributed by atoms with Crippen LogP contribution in [0.2, 0.25) is 0 Å². The molecule has 3 heterocycles. The summed E-state index contributed by atoms with van der Waals surface area (Å²) in [7, 11) is 0. The lowest BCUT2D eigenvalue weighted by atomic mass is 9.53. The third-order valence-corrected chi connectivity index (χ3v) is 13.6. The number of rotatable bonds is 8. The van der Waals surface area contributed by atoms with Crippen LogP contribution < -0.4 is 5.32 Å². The molecule has 1 aliphatic heterocycles. The number of carbonyl (C=O) groups is 2. The Labute approximate surface area is 265 Å². The minimum Gasteiger partial charge on any atom is -0.467 e. The summed E-state index contributed by atoms with van der Waals surface area (Å²) in [5.41, 5.74) is 2.78.